The molecule has 1 aliphatic heterocycles. The second-order valence-electron chi connectivity index (χ2n) is 6.22. The highest BCUT2D eigenvalue weighted by Gasteiger charge is 2.40. The summed E-state index contributed by atoms with van der Waals surface area (Å²) in [6, 6.07) is 4.14. The fourth-order valence-electron chi connectivity index (χ4n) is 3.05. The Morgan fingerprint density at radius 3 is 2.58 bits per heavy atom. The van der Waals surface area contributed by atoms with Crippen LogP contribution in [0.15, 0.2) is 24.3 Å². The van der Waals surface area contributed by atoms with Crippen LogP contribution in [0, 0.1) is 11.7 Å². The van der Waals surface area contributed by atoms with Crippen LogP contribution in [0.25, 0.3) is 0 Å². The summed E-state index contributed by atoms with van der Waals surface area (Å²) in [7, 11) is 0. The number of carboxylic acid groups (broad SMARTS) is 1. The zero-order chi connectivity index (χ0) is 19.4. The number of ketones is 1. The molecule has 0 radical (unpaired) electrons. The van der Waals surface area contributed by atoms with Crippen molar-refractivity contribution in [3.8, 4) is 0 Å². The number of nitrogens with zero attached hydrogens (tertiary/aromatic N) is 1. The molecule has 2 rings (SSSR count). The van der Waals surface area contributed by atoms with Crippen molar-refractivity contribution >= 4 is 34.5 Å². The van der Waals surface area contributed by atoms with E-state index in [9.17, 15) is 28.7 Å². The summed E-state index contributed by atoms with van der Waals surface area (Å²) in [5.41, 5.74) is 0.0691. The molecule has 0 spiro atoms. The minimum atomic E-state index is -1.09. The second-order valence-corrected chi connectivity index (χ2v) is 7.54. The van der Waals surface area contributed by atoms with Gasteiger partial charge in [-0.15, -0.1) is 0 Å². The molecule has 0 aliphatic carbocycles. The Morgan fingerprint density at radius 1 is 1.31 bits per heavy atom. The summed E-state index contributed by atoms with van der Waals surface area (Å²) in [6.07, 6.45) is 0.925. The molecule has 1 aromatic rings. The maximum absolute atomic E-state index is 13.4. The summed E-state index contributed by atoms with van der Waals surface area (Å²) >= 11 is 0.707. The quantitative estimate of drug-likeness (QED) is 0.761. The highest BCUT2D eigenvalue weighted by atomic mass is 32.2. The van der Waals surface area contributed by atoms with Gasteiger partial charge in [-0.25, -0.2) is 9.18 Å². The number of amides is 1. The molecule has 1 amide bonds. The minimum absolute atomic E-state index is 0.0691. The topological polar surface area (TPSA) is 91.8 Å². The summed E-state index contributed by atoms with van der Waals surface area (Å²) in [6.45, 7) is 3.08. The molecule has 8 heteroatoms. The molecular weight excluding hydrogens is 361 g/mol. The Balaban J connectivity index is 2.27. The van der Waals surface area contributed by atoms with Crippen LogP contribution < -0.4 is 0 Å². The van der Waals surface area contributed by atoms with Crippen molar-refractivity contribution in [3.63, 3.8) is 0 Å². The fraction of sp³-hybridized carbons (Fsp3) is 0.444. The molecular formula is C18H20FNO5S. The van der Waals surface area contributed by atoms with Crippen molar-refractivity contribution in [2.24, 2.45) is 5.92 Å². The van der Waals surface area contributed by atoms with Gasteiger partial charge in [0.25, 0.3) is 0 Å². The number of rotatable bonds is 6. The number of thioether (sulfide) groups is 1. The van der Waals surface area contributed by atoms with Gasteiger partial charge in [-0.05, 0) is 25.0 Å². The van der Waals surface area contributed by atoms with Gasteiger partial charge < -0.3 is 10.0 Å². The third-order valence-electron chi connectivity index (χ3n) is 4.33. The van der Waals surface area contributed by atoms with E-state index in [0.29, 0.717) is 31.1 Å². The van der Waals surface area contributed by atoms with Crippen LogP contribution in [-0.2, 0) is 14.4 Å². The number of benzene rings is 1. The molecule has 1 saturated heterocycles. The van der Waals surface area contributed by atoms with Crippen molar-refractivity contribution in [2.45, 2.75) is 38.0 Å². The lowest BCUT2D eigenvalue weighted by Gasteiger charge is -2.28. The zero-order valence-corrected chi connectivity index (χ0v) is 15.3. The van der Waals surface area contributed by atoms with E-state index in [1.165, 1.54) is 36.9 Å². The highest BCUT2D eigenvalue weighted by Crippen LogP contribution is 2.29. The van der Waals surface area contributed by atoms with Gasteiger partial charge in [-0.1, -0.05) is 30.8 Å². The molecule has 2 unspecified atom stereocenters. The Kier molecular flexibility index (Phi) is 6.52. The Bertz CT molecular complexity index is 738. The van der Waals surface area contributed by atoms with E-state index in [4.69, 9.17) is 0 Å². The predicted molar refractivity (Wildman–Crippen MR) is 94.3 cm³/mol. The third-order valence-corrected chi connectivity index (χ3v) is 5.53. The molecule has 1 aromatic carbocycles. The van der Waals surface area contributed by atoms with Gasteiger partial charge in [0.05, 0.1) is 11.2 Å². The molecule has 0 saturated carbocycles. The lowest BCUT2D eigenvalue weighted by atomic mass is 9.97. The summed E-state index contributed by atoms with van der Waals surface area (Å²) in [5, 5.41) is 7.86. The molecule has 1 N–H and O–H groups in total. The maximum atomic E-state index is 13.4. The zero-order valence-electron chi connectivity index (χ0n) is 14.5. The van der Waals surface area contributed by atoms with Crippen molar-refractivity contribution < 1.29 is 28.7 Å². The summed E-state index contributed by atoms with van der Waals surface area (Å²) < 4.78 is 13.4. The van der Waals surface area contributed by atoms with E-state index >= 15 is 0 Å². The molecule has 0 aromatic heterocycles. The van der Waals surface area contributed by atoms with Crippen LogP contribution in [0.2, 0.25) is 0 Å². The number of carbonyl (C=O) groups excluding carboxylic acids is 3. The number of aliphatic carboxylic acids is 1. The van der Waals surface area contributed by atoms with Crippen LogP contribution in [0.3, 0.4) is 0 Å². The predicted octanol–water partition coefficient (Wildman–Crippen LogP) is 2.37. The van der Waals surface area contributed by atoms with Crippen LogP contribution in [-0.4, -0.2) is 50.6 Å². The van der Waals surface area contributed by atoms with Gasteiger partial charge >= 0.3 is 5.97 Å². The van der Waals surface area contributed by atoms with Crippen molar-refractivity contribution in [3.05, 3.63) is 35.6 Å². The van der Waals surface area contributed by atoms with Crippen molar-refractivity contribution in [2.75, 3.05) is 6.54 Å². The molecule has 0 bridgehead atoms. The van der Waals surface area contributed by atoms with Crippen LogP contribution in [0.5, 0.6) is 0 Å². The van der Waals surface area contributed by atoms with E-state index in [1.54, 1.807) is 0 Å². The first-order valence-electron chi connectivity index (χ1n) is 8.22. The average molecular weight is 381 g/mol. The standard InChI is InChI=1S/C18H20FNO5S/c1-10(17(23)20-8-4-7-14(20)18(24)25)16(26-11(2)21)15(22)12-5-3-6-13(19)9-12/h3,5-6,9-10,14,16H,4,7-8H2,1-2H3,(H,24,25)/t10?,14-,16?/m1/s1. The van der Waals surface area contributed by atoms with E-state index < -0.39 is 40.7 Å². The smallest absolute Gasteiger partial charge is 0.326 e. The minimum Gasteiger partial charge on any atom is -0.480 e. The monoisotopic (exact) mass is 381 g/mol. The van der Waals surface area contributed by atoms with Gasteiger partial charge in [-0.3, -0.25) is 14.4 Å². The average Bonchev–Trinajstić information content (AvgIpc) is 3.07. The third kappa shape index (κ3) is 4.49. The molecule has 1 fully saturated rings. The molecule has 26 heavy (non-hydrogen) atoms. The largest absolute Gasteiger partial charge is 0.480 e. The number of likely N-dealkylation sites (tertiary alicyclic amines) is 1. The number of halogens is 1. The number of carbonyl (C=O) groups is 4. The number of hydrogen-bond donors (Lipinski definition) is 1. The first kappa shape index (κ1) is 20.1. The molecule has 6 nitrogen and oxygen atoms in total. The van der Waals surface area contributed by atoms with Crippen molar-refractivity contribution in [1.82, 2.24) is 4.90 Å². The van der Waals surface area contributed by atoms with Crippen LogP contribution in [0.4, 0.5) is 4.39 Å². The van der Waals surface area contributed by atoms with Gasteiger partial charge in [0.2, 0.25) is 5.91 Å². The SMILES string of the molecule is CC(=O)SC(C(=O)c1cccc(F)c1)C(C)C(=O)N1CCC[C@@H]1C(=O)O. The first-order valence-corrected chi connectivity index (χ1v) is 9.10. The van der Waals surface area contributed by atoms with Gasteiger partial charge in [0.15, 0.2) is 10.9 Å². The lowest BCUT2D eigenvalue weighted by molar-refractivity contribution is -0.149. The fourth-order valence-corrected chi connectivity index (χ4v) is 3.97. The molecule has 1 aliphatic rings. The number of carboxylic acids is 1. The Labute approximate surface area is 154 Å². The maximum Gasteiger partial charge on any atom is 0.326 e. The molecule has 3 atom stereocenters. The lowest BCUT2D eigenvalue weighted by Crippen LogP contribution is -2.46. The Morgan fingerprint density at radius 2 is 2.00 bits per heavy atom. The van der Waals surface area contributed by atoms with Gasteiger partial charge in [-0.2, -0.15) is 0 Å². The highest BCUT2D eigenvalue weighted by molar-refractivity contribution is 8.14. The number of Topliss-reactive ketones (excluding diaryl/α,β-unsaturated/α-hetero) is 1. The Hall–Kier alpha value is -2.22. The van der Waals surface area contributed by atoms with Gasteiger partial charge in [0.1, 0.15) is 11.9 Å². The van der Waals surface area contributed by atoms with E-state index in [0.717, 1.165) is 6.07 Å². The van der Waals surface area contributed by atoms with E-state index in [1.807, 2.05) is 0 Å². The number of hydrogen-bond acceptors (Lipinski definition) is 5. The first-order chi connectivity index (χ1) is 12.2. The molecule has 1 heterocycles. The molecule has 140 valence electrons. The normalized spacial score (nSPS) is 19.0. The van der Waals surface area contributed by atoms with Gasteiger partial charge in [0, 0.05) is 19.0 Å². The summed E-state index contributed by atoms with van der Waals surface area (Å²) in [5.74, 6) is -3.61. The van der Waals surface area contributed by atoms with E-state index in [-0.39, 0.29) is 10.7 Å². The van der Waals surface area contributed by atoms with Crippen molar-refractivity contribution in [1.29, 1.82) is 0 Å². The summed E-state index contributed by atoms with van der Waals surface area (Å²) in [4.78, 5) is 49.7. The van der Waals surface area contributed by atoms with Crippen LogP contribution >= 0.6 is 11.8 Å². The van der Waals surface area contributed by atoms with E-state index in [2.05, 4.69) is 0 Å². The second kappa shape index (κ2) is 8.44. The van der Waals surface area contributed by atoms with Crippen LogP contribution in [0.1, 0.15) is 37.0 Å².